The minimum Gasteiger partial charge on any atom is -0.318 e. The summed E-state index contributed by atoms with van der Waals surface area (Å²) in [5.41, 5.74) is 0. The van der Waals surface area contributed by atoms with Gasteiger partial charge in [-0.3, -0.25) is 5.10 Å². The van der Waals surface area contributed by atoms with Crippen LogP contribution in [0.15, 0.2) is 0 Å². The van der Waals surface area contributed by atoms with Gasteiger partial charge in [-0.05, 0) is 31.0 Å². The van der Waals surface area contributed by atoms with Crippen LogP contribution in [0, 0.1) is 10.7 Å². The van der Waals surface area contributed by atoms with Crippen molar-refractivity contribution in [3.8, 4) is 0 Å². The van der Waals surface area contributed by atoms with E-state index in [2.05, 4.69) is 15.2 Å². The maximum Gasteiger partial charge on any atom is 0.192 e. The molecule has 3 nitrogen and oxygen atoms in total. The number of H-pyrrole nitrogens is 2. The highest BCUT2D eigenvalue weighted by molar-refractivity contribution is 7.71. The van der Waals surface area contributed by atoms with Gasteiger partial charge >= 0.3 is 0 Å². The van der Waals surface area contributed by atoms with Crippen molar-refractivity contribution in [2.24, 2.45) is 5.92 Å². The molecule has 0 saturated heterocycles. The average molecular weight is 155 g/mol. The van der Waals surface area contributed by atoms with E-state index in [9.17, 15) is 0 Å². The van der Waals surface area contributed by atoms with Gasteiger partial charge in [-0.15, -0.1) is 0 Å². The molecule has 1 aliphatic rings. The maximum absolute atomic E-state index is 4.83. The van der Waals surface area contributed by atoms with Crippen LogP contribution in [0.3, 0.4) is 0 Å². The first-order valence-corrected chi connectivity index (χ1v) is 3.89. The van der Waals surface area contributed by atoms with Crippen LogP contribution >= 0.6 is 12.2 Å². The van der Waals surface area contributed by atoms with Crippen LogP contribution < -0.4 is 0 Å². The molecule has 1 aromatic heterocycles. The third-order valence-electron chi connectivity index (χ3n) is 1.73. The summed E-state index contributed by atoms with van der Waals surface area (Å²) in [6, 6.07) is 0. The molecule has 0 bridgehead atoms. The van der Waals surface area contributed by atoms with E-state index in [1.807, 2.05) is 0 Å². The predicted molar refractivity (Wildman–Crippen MR) is 40.2 cm³/mol. The van der Waals surface area contributed by atoms with E-state index in [4.69, 9.17) is 12.2 Å². The molecule has 1 aromatic rings. The molecule has 1 fully saturated rings. The molecular weight excluding hydrogens is 146 g/mol. The summed E-state index contributed by atoms with van der Waals surface area (Å²) in [6.07, 6.45) is 3.77. The van der Waals surface area contributed by atoms with E-state index in [1.54, 1.807) is 0 Å². The van der Waals surface area contributed by atoms with Crippen LogP contribution in [-0.4, -0.2) is 15.2 Å². The summed E-state index contributed by atoms with van der Waals surface area (Å²) in [5, 5.41) is 6.72. The fourth-order valence-electron chi connectivity index (χ4n) is 0.997. The smallest absolute Gasteiger partial charge is 0.192 e. The van der Waals surface area contributed by atoms with Gasteiger partial charge in [-0.1, -0.05) is 0 Å². The molecule has 1 heterocycles. The van der Waals surface area contributed by atoms with Crippen molar-refractivity contribution in [3.63, 3.8) is 0 Å². The molecule has 0 aliphatic heterocycles. The van der Waals surface area contributed by atoms with Crippen molar-refractivity contribution in [3.05, 3.63) is 10.6 Å². The van der Waals surface area contributed by atoms with Crippen molar-refractivity contribution in [2.45, 2.75) is 19.3 Å². The van der Waals surface area contributed by atoms with E-state index in [1.165, 1.54) is 12.8 Å². The molecule has 0 amide bonds. The molecular formula is C6H9N3S. The van der Waals surface area contributed by atoms with Crippen molar-refractivity contribution in [1.29, 1.82) is 0 Å². The third kappa shape index (κ3) is 1.26. The molecule has 0 radical (unpaired) electrons. The fraction of sp³-hybridized carbons (Fsp3) is 0.667. The molecule has 10 heavy (non-hydrogen) atoms. The van der Waals surface area contributed by atoms with Gasteiger partial charge in [0.1, 0.15) is 5.82 Å². The zero-order chi connectivity index (χ0) is 6.97. The van der Waals surface area contributed by atoms with Gasteiger partial charge in [0.15, 0.2) is 4.77 Å². The number of aromatic amines is 2. The second-order valence-corrected chi connectivity index (χ2v) is 3.18. The first-order valence-electron chi connectivity index (χ1n) is 3.48. The van der Waals surface area contributed by atoms with E-state index in [-0.39, 0.29) is 0 Å². The molecule has 1 aliphatic carbocycles. The van der Waals surface area contributed by atoms with Crippen LogP contribution in [-0.2, 0) is 6.42 Å². The Kier molecular flexibility index (Phi) is 1.34. The van der Waals surface area contributed by atoms with Gasteiger partial charge in [0.2, 0.25) is 0 Å². The highest BCUT2D eigenvalue weighted by atomic mass is 32.1. The molecule has 2 N–H and O–H groups in total. The molecule has 1 saturated carbocycles. The maximum atomic E-state index is 4.83. The van der Waals surface area contributed by atoms with E-state index in [0.29, 0.717) is 4.77 Å². The summed E-state index contributed by atoms with van der Waals surface area (Å²) in [7, 11) is 0. The Labute approximate surface area is 63.9 Å². The second kappa shape index (κ2) is 2.20. The van der Waals surface area contributed by atoms with Crippen molar-refractivity contribution in [2.75, 3.05) is 0 Å². The fourth-order valence-corrected chi connectivity index (χ4v) is 1.16. The summed E-state index contributed by atoms with van der Waals surface area (Å²) in [6.45, 7) is 0. The van der Waals surface area contributed by atoms with E-state index >= 15 is 0 Å². The highest BCUT2D eigenvalue weighted by Crippen LogP contribution is 2.31. The van der Waals surface area contributed by atoms with Gasteiger partial charge in [-0.25, -0.2) is 0 Å². The largest absolute Gasteiger partial charge is 0.318 e. The van der Waals surface area contributed by atoms with Crippen LogP contribution in [0.25, 0.3) is 0 Å². The van der Waals surface area contributed by atoms with Crippen LogP contribution in [0.5, 0.6) is 0 Å². The minimum absolute atomic E-state index is 0.635. The van der Waals surface area contributed by atoms with Crippen molar-refractivity contribution in [1.82, 2.24) is 15.2 Å². The number of hydrogen-bond donors (Lipinski definition) is 2. The van der Waals surface area contributed by atoms with Gasteiger partial charge in [-0.2, -0.15) is 5.10 Å². The lowest BCUT2D eigenvalue weighted by Gasteiger charge is -1.87. The Morgan fingerprint density at radius 3 is 2.90 bits per heavy atom. The van der Waals surface area contributed by atoms with Crippen LogP contribution in [0.2, 0.25) is 0 Å². The lowest BCUT2D eigenvalue weighted by Crippen LogP contribution is -1.88. The number of aromatic nitrogens is 3. The first-order chi connectivity index (χ1) is 4.84. The first kappa shape index (κ1) is 6.09. The summed E-state index contributed by atoms with van der Waals surface area (Å²) in [4.78, 5) is 3.00. The Balaban J connectivity index is 2.10. The second-order valence-electron chi connectivity index (χ2n) is 2.77. The zero-order valence-corrected chi connectivity index (χ0v) is 6.37. The summed E-state index contributed by atoms with van der Waals surface area (Å²) < 4.78 is 0.635. The average Bonchev–Trinajstić information content (AvgIpc) is 2.59. The van der Waals surface area contributed by atoms with E-state index < -0.39 is 0 Å². The SMILES string of the molecule is S=c1[nH]nc(CC2CC2)[nH]1. The van der Waals surface area contributed by atoms with Crippen LogP contribution in [0.1, 0.15) is 18.7 Å². The molecule has 0 aromatic carbocycles. The Morgan fingerprint density at radius 1 is 1.60 bits per heavy atom. The van der Waals surface area contributed by atoms with Gasteiger partial charge < -0.3 is 4.98 Å². The molecule has 4 heteroatoms. The lowest BCUT2D eigenvalue weighted by atomic mass is 10.3. The van der Waals surface area contributed by atoms with Crippen LogP contribution in [0.4, 0.5) is 0 Å². The highest BCUT2D eigenvalue weighted by Gasteiger charge is 2.22. The topological polar surface area (TPSA) is 44.5 Å². The zero-order valence-electron chi connectivity index (χ0n) is 5.55. The third-order valence-corrected chi connectivity index (χ3v) is 1.92. The number of rotatable bonds is 2. The normalized spacial score (nSPS) is 17.6. The molecule has 0 spiro atoms. The van der Waals surface area contributed by atoms with Gasteiger partial charge in [0.05, 0.1) is 0 Å². The monoisotopic (exact) mass is 155 g/mol. The van der Waals surface area contributed by atoms with Gasteiger partial charge in [0.25, 0.3) is 0 Å². The Bertz CT molecular complexity index is 271. The quantitative estimate of drug-likeness (QED) is 0.634. The molecule has 0 unspecified atom stereocenters. The number of nitrogens with zero attached hydrogens (tertiary/aromatic N) is 1. The molecule has 2 rings (SSSR count). The number of hydrogen-bond acceptors (Lipinski definition) is 2. The van der Waals surface area contributed by atoms with Crippen molar-refractivity contribution >= 4 is 12.2 Å². The Hall–Kier alpha value is -0.640. The summed E-state index contributed by atoms with van der Waals surface area (Å²) >= 11 is 4.83. The lowest BCUT2D eigenvalue weighted by molar-refractivity contribution is 0.774. The number of nitrogens with one attached hydrogen (secondary N) is 2. The van der Waals surface area contributed by atoms with Crippen molar-refractivity contribution < 1.29 is 0 Å². The minimum atomic E-state index is 0.635. The standard InChI is InChI=1S/C6H9N3S/c10-6-7-5(8-9-6)3-4-1-2-4/h4H,1-3H2,(H2,7,8,9,10). The molecule has 54 valence electrons. The summed E-state index contributed by atoms with van der Waals surface area (Å²) in [5.74, 6) is 1.88. The Morgan fingerprint density at radius 2 is 2.40 bits per heavy atom. The van der Waals surface area contributed by atoms with E-state index in [0.717, 1.165) is 18.2 Å². The molecule has 0 atom stereocenters. The predicted octanol–water partition coefficient (Wildman–Crippen LogP) is 1.42. The van der Waals surface area contributed by atoms with Gasteiger partial charge in [0, 0.05) is 6.42 Å².